The van der Waals surface area contributed by atoms with Gasteiger partial charge >= 0.3 is 6.09 Å². The van der Waals surface area contributed by atoms with Gasteiger partial charge in [0, 0.05) is 36.5 Å². The molecule has 3 fully saturated rings. The van der Waals surface area contributed by atoms with Crippen molar-refractivity contribution in [2.75, 3.05) is 39.8 Å². The fourth-order valence-electron chi connectivity index (χ4n) is 6.08. The zero-order chi connectivity index (χ0) is 26.7. The number of benzene rings is 2. The first-order valence-corrected chi connectivity index (χ1v) is 13.6. The highest BCUT2D eigenvalue weighted by molar-refractivity contribution is 6.16. The summed E-state index contributed by atoms with van der Waals surface area (Å²) < 4.78 is 10.3. The van der Waals surface area contributed by atoms with Crippen LogP contribution < -0.4 is 0 Å². The number of carbonyl (C=O) groups is 3. The summed E-state index contributed by atoms with van der Waals surface area (Å²) in [5.74, 6) is 1.19. The highest BCUT2D eigenvalue weighted by Gasteiger charge is 2.58. The molecular weight excluding hydrogens is 496 g/mol. The van der Waals surface area contributed by atoms with E-state index in [1.54, 1.807) is 11.2 Å². The van der Waals surface area contributed by atoms with Gasteiger partial charge in [-0.2, -0.15) is 0 Å². The summed E-state index contributed by atoms with van der Waals surface area (Å²) in [6.07, 6.45) is 4.09. The molecular formula is C30H30N4O5. The Hall–Kier alpha value is -4.14. The van der Waals surface area contributed by atoms with Gasteiger partial charge in [0.05, 0.1) is 26.5 Å². The van der Waals surface area contributed by atoms with Crippen LogP contribution in [0.25, 0.3) is 22.1 Å². The lowest BCUT2D eigenvalue weighted by Gasteiger charge is -2.43. The molecule has 1 saturated carbocycles. The van der Waals surface area contributed by atoms with E-state index in [2.05, 4.69) is 6.07 Å². The number of furan rings is 1. The smallest absolute Gasteiger partial charge is 0.409 e. The molecule has 0 unspecified atom stereocenters. The zero-order valence-corrected chi connectivity index (χ0v) is 21.8. The summed E-state index contributed by atoms with van der Waals surface area (Å²) in [7, 11) is 1.34. The van der Waals surface area contributed by atoms with Gasteiger partial charge in [0.2, 0.25) is 5.91 Å². The van der Waals surface area contributed by atoms with Crippen molar-refractivity contribution < 1.29 is 23.5 Å². The van der Waals surface area contributed by atoms with Crippen molar-refractivity contribution in [3.63, 3.8) is 0 Å². The van der Waals surface area contributed by atoms with Crippen LogP contribution in [0.15, 0.2) is 64.2 Å². The van der Waals surface area contributed by atoms with Crippen molar-refractivity contribution in [2.24, 2.45) is 16.8 Å². The minimum absolute atomic E-state index is 0.0842. The van der Waals surface area contributed by atoms with E-state index in [1.165, 1.54) is 12.0 Å². The number of nitrogens with zero attached hydrogens (tertiary/aromatic N) is 4. The van der Waals surface area contributed by atoms with Crippen LogP contribution in [0.4, 0.5) is 4.79 Å². The molecule has 4 heterocycles. The molecule has 1 spiro atoms. The maximum absolute atomic E-state index is 13.8. The molecule has 7 rings (SSSR count). The number of hydrogen-bond acceptors (Lipinski definition) is 6. The molecule has 4 aliphatic rings. The molecule has 9 heteroatoms. The van der Waals surface area contributed by atoms with Crippen molar-refractivity contribution >= 4 is 34.7 Å². The lowest BCUT2D eigenvalue weighted by atomic mass is 9.90. The first-order valence-electron chi connectivity index (χ1n) is 13.6. The number of hydrogen-bond donors (Lipinski definition) is 0. The third-order valence-electron chi connectivity index (χ3n) is 8.45. The van der Waals surface area contributed by atoms with E-state index < -0.39 is 11.6 Å². The first-order chi connectivity index (χ1) is 18.9. The van der Waals surface area contributed by atoms with E-state index in [0.717, 1.165) is 53.5 Å². The summed E-state index contributed by atoms with van der Waals surface area (Å²) in [4.78, 5) is 48.6. The van der Waals surface area contributed by atoms with Gasteiger partial charge in [-0.15, -0.1) is 0 Å². The standard InChI is InChI=1S/C30H30N4O5/c1-38-29(37)33-17-30(18-33)28(36)34(16-19-10-12-32(15-19)27(35)22-6-7-22)26(31-30)21-4-2-20(3-5-21)23-8-9-25-24(14-23)11-13-39-25/h2-5,8-9,11,13-14,19,22H,6-7,10,12,15-18H2,1H3/t19-/m1/s1. The number of ether oxygens (including phenoxy) is 1. The van der Waals surface area contributed by atoms with Crippen LogP contribution >= 0.6 is 0 Å². The number of fused-ring (bicyclic) bond motifs is 1. The molecule has 9 nitrogen and oxygen atoms in total. The number of likely N-dealkylation sites (tertiary alicyclic amines) is 2. The monoisotopic (exact) mass is 526 g/mol. The van der Waals surface area contributed by atoms with Crippen LogP contribution in [-0.4, -0.2) is 83.8 Å². The van der Waals surface area contributed by atoms with Crippen LogP contribution in [0.3, 0.4) is 0 Å². The van der Waals surface area contributed by atoms with Gasteiger partial charge in [-0.25, -0.2) is 9.79 Å². The molecule has 2 saturated heterocycles. The SMILES string of the molecule is COC(=O)N1CC2(C1)N=C(c1ccc(-c3ccc4occc4c3)cc1)N(C[C@@H]1CCN(C(=O)C3CC3)C1)C2=O. The van der Waals surface area contributed by atoms with Crippen LogP contribution in [0.2, 0.25) is 0 Å². The topological polar surface area (TPSA) is 95.7 Å². The molecule has 0 bridgehead atoms. The van der Waals surface area contributed by atoms with Gasteiger partial charge in [0.25, 0.3) is 5.91 Å². The lowest BCUT2D eigenvalue weighted by Crippen LogP contribution is -2.66. The average molecular weight is 527 g/mol. The maximum atomic E-state index is 13.8. The van der Waals surface area contributed by atoms with Gasteiger partial charge in [0.1, 0.15) is 11.4 Å². The van der Waals surface area contributed by atoms with E-state index in [-0.39, 0.29) is 36.7 Å². The fourth-order valence-corrected chi connectivity index (χ4v) is 6.08. The Balaban J connectivity index is 1.15. The Bertz CT molecular complexity index is 1500. The van der Waals surface area contributed by atoms with Gasteiger partial charge in [0.15, 0.2) is 5.54 Å². The molecule has 1 aromatic heterocycles. The number of aliphatic imine (C=N–C) groups is 1. The number of rotatable bonds is 5. The Labute approximate surface area is 226 Å². The Morgan fingerprint density at radius 1 is 1.00 bits per heavy atom. The molecule has 0 N–H and O–H groups in total. The van der Waals surface area contributed by atoms with Crippen molar-refractivity contribution in [3.05, 3.63) is 60.4 Å². The predicted molar refractivity (Wildman–Crippen MR) is 144 cm³/mol. The third kappa shape index (κ3) is 4.07. The van der Waals surface area contributed by atoms with E-state index in [0.29, 0.717) is 18.9 Å². The minimum atomic E-state index is -0.976. The van der Waals surface area contributed by atoms with Crippen molar-refractivity contribution in [2.45, 2.75) is 24.8 Å². The van der Waals surface area contributed by atoms with Gasteiger partial charge in [-0.05, 0) is 54.5 Å². The number of amidine groups is 1. The summed E-state index contributed by atoms with van der Waals surface area (Å²) in [5, 5.41) is 1.04. The van der Waals surface area contributed by atoms with Crippen molar-refractivity contribution in [1.29, 1.82) is 0 Å². The summed E-state index contributed by atoms with van der Waals surface area (Å²) in [6, 6.07) is 16.1. The largest absolute Gasteiger partial charge is 0.464 e. The van der Waals surface area contributed by atoms with E-state index >= 15 is 0 Å². The zero-order valence-electron chi connectivity index (χ0n) is 21.8. The van der Waals surface area contributed by atoms with Gasteiger partial charge in [-0.3, -0.25) is 14.5 Å². The Morgan fingerprint density at radius 3 is 2.49 bits per heavy atom. The van der Waals surface area contributed by atoms with Crippen LogP contribution in [0.1, 0.15) is 24.8 Å². The second-order valence-electron chi connectivity index (χ2n) is 11.2. The summed E-state index contributed by atoms with van der Waals surface area (Å²) in [5.41, 5.74) is 2.86. The molecule has 3 aliphatic heterocycles. The summed E-state index contributed by atoms with van der Waals surface area (Å²) >= 11 is 0. The van der Waals surface area contributed by atoms with Gasteiger partial charge < -0.3 is 19.0 Å². The lowest BCUT2D eigenvalue weighted by molar-refractivity contribution is -0.136. The van der Waals surface area contributed by atoms with Crippen molar-refractivity contribution in [1.82, 2.24) is 14.7 Å². The number of methoxy groups -OCH3 is 1. The number of amides is 3. The highest BCUT2D eigenvalue weighted by Crippen LogP contribution is 2.37. The van der Waals surface area contributed by atoms with Gasteiger partial charge in [-0.1, -0.05) is 30.3 Å². The molecule has 1 atom stereocenters. The first kappa shape index (κ1) is 23.9. The van der Waals surface area contributed by atoms with Crippen LogP contribution in [0, 0.1) is 11.8 Å². The Kier molecular flexibility index (Phi) is 5.50. The minimum Gasteiger partial charge on any atom is -0.464 e. The molecule has 1 aliphatic carbocycles. The Morgan fingerprint density at radius 2 is 1.74 bits per heavy atom. The molecule has 2 aromatic carbocycles. The molecule has 3 aromatic rings. The van der Waals surface area contributed by atoms with E-state index in [4.69, 9.17) is 14.1 Å². The predicted octanol–water partition coefficient (Wildman–Crippen LogP) is 3.77. The summed E-state index contributed by atoms with van der Waals surface area (Å²) in [6.45, 7) is 2.33. The number of carbonyl (C=O) groups excluding carboxylic acids is 3. The van der Waals surface area contributed by atoms with E-state index in [9.17, 15) is 14.4 Å². The normalized spacial score (nSPS) is 22.0. The maximum Gasteiger partial charge on any atom is 0.409 e. The quantitative estimate of drug-likeness (QED) is 0.505. The van der Waals surface area contributed by atoms with Crippen molar-refractivity contribution in [3.8, 4) is 11.1 Å². The average Bonchev–Trinajstić information content (AvgIpc) is 3.37. The van der Waals surface area contributed by atoms with Crippen LogP contribution in [0.5, 0.6) is 0 Å². The van der Waals surface area contributed by atoms with Crippen LogP contribution in [-0.2, 0) is 14.3 Å². The molecule has 39 heavy (non-hydrogen) atoms. The third-order valence-corrected chi connectivity index (χ3v) is 8.45. The second-order valence-corrected chi connectivity index (χ2v) is 11.2. The fraction of sp³-hybridized carbons (Fsp3) is 0.400. The van der Waals surface area contributed by atoms with E-state index in [1.807, 2.05) is 47.4 Å². The second kappa shape index (κ2) is 8.97. The molecule has 200 valence electrons. The molecule has 0 radical (unpaired) electrons. The highest BCUT2D eigenvalue weighted by atomic mass is 16.5. The molecule has 3 amide bonds.